The lowest BCUT2D eigenvalue weighted by Crippen LogP contribution is -1.86. The molecule has 0 aliphatic carbocycles. The van der Waals surface area contributed by atoms with Crippen molar-refractivity contribution < 1.29 is 9.90 Å². The first kappa shape index (κ1) is 14.4. The molecule has 0 aliphatic rings. The Morgan fingerprint density at radius 2 is 1.95 bits per heavy atom. The Bertz CT molecular complexity index is 615. The highest BCUT2D eigenvalue weighted by Crippen LogP contribution is 2.23. The monoisotopic (exact) mass is 284 g/mol. The van der Waals surface area contributed by atoms with Crippen molar-refractivity contribution in [1.29, 1.82) is 0 Å². The normalized spacial score (nSPS) is 10.8. The van der Waals surface area contributed by atoms with Crippen LogP contribution in [-0.2, 0) is 10.5 Å². The summed E-state index contributed by atoms with van der Waals surface area (Å²) < 4.78 is 0. The zero-order valence-corrected chi connectivity index (χ0v) is 12.1. The summed E-state index contributed by atoms with van der Waals surface area (Å²) in [4.78, 5) is 11.7. The molecule has 2 aromatic rings. The minimum Gasteiger partial charge on any atom is -0.478 e. The number of thioether (sulfide) groups is 1. The largest absolute Gasteiger partial charge is 0.478 e. The third-order valence-corrected chi connectivity index (χ3v) is 3.86. The molecule has 0 amide bonds. The van der Waals surface area contributed by atoms with Crippen molar-refractivity contribution in [2.45, 2.75) is 17.6 Å². The quantitative estimate of drug-likeness (QED) is 0.653. The van der Waals surface area contributed by atoms with Gasteiger partial charge in [0.25, 0.3) is 0 Å². The molecular weight excluding hydrogens is 268 g/mol. The summed E-state index contributed by atoms with van der Waals surface area (Å²) >= 11 is 1.80. The number of carbonyl (C=O) groups is 1. The van der Waals surface area contributed by atoms with E-state index in [1.165, 1.54) is 16.0 Å². The first-order valence-corrected chi connectivity index (χ1v) is 7.31. The fourth-order valence-corrected chi connectivity index (χ4v) is 2.73. The van der Waals surface area contributed by atoms with E-state index >= 15 is 0 Å². The molecule has 3 heteroatoms. The fraction of sp³-hybridized carbons (Fsp3) is 0.118. The maximum atomic E-state index is 10.4. The number of rotatable bonds is 5. The van der Waals surface area contributed by atoms with E-state index in [4.69, 9.17) is 5.11 Å². The van der Waals surface area contributed by atoms with E-state index in [9.17, 15) is 4.79 Å². The molecule has 0 spiro atoms. The van der Waals surface area contributed by atoms with E-state index in [0.717, 1.165) is 17.4 Å². The zero-order chi connectivity index (χ0) is 14.4. The molecule has 0 fully saturated rings. The molecule has 0 aliphatic heterocycles. The molecule has 0 saturated heterocycles. The van der Waals surface area contributed by atoms with Gasteiger partial charge in [0.05, 0.1) is 0 Å². The van der Waals surface area contributed by atoms with Gasteiger partial charge in [-0.1, -0.05) is 42.0 Å². The Morgan fingerprint density at radius 1 is 1.20 bits per heavy atom. The molecule has 0 heterocycles. The van der Waals surface area contributed by atoms with Crippen molar-refractivity contribution in [2.75, 3.05) is 0 Å². The zero-order valence-electron chi connectivity index (χ0n) is 11.2. The van der Waals surface area contributed by atoms with Gasteiger partial charge < -0.3 is 5.11 Å². The van der Waals surface area contributed by atoms with Gasteiger partial charge in [-0.3, -0.25) is 0 Å². The number of aliphatic carboxylic acids is 1. The summed E-state index contributed by atoms with van der Waals surface area (Å²) in [7, 11) is 0. The van der Waals surface area contributed by atoms with Crippen molar-refractivity contribution >= 4 is 23.8 Å². The first-order valence-electron chi connectivity index (χ1n) is 6.33. The molecule has 20 heavy (non-hydrogen) atoms. The van der Waals surface area contributed by atoms with Crippen molar-refractivity contribution in [3.05, 3.63) is 71.3 Å². The Hall–Kier alpha value is -2.00. The lowest BCUT2D eigenvalue weighted by Gasteiger charge is -2.03. The van der Waals surface area contributed by atoms with Crippen LogP contribution in [0.5, 0.6) is 0 Å². The maximum Gasteiger partial charge on any atom is 0.328 e. The molecule has 0 bridgehead atoms. The van der Waals surface area contributed by atoms with Crippen LogP contribution in [0.2, 0.25) is 0 Å². The van der Waals surface area contributed by atoms with Crippen molar-refractivity contribution in [3.63, 3.8) is 0 Å². The molecule has 102 valence electrons. The molecule has 0 atom stereocenters. The summed E-state index contributed by atoms with van der Waals surface area (Å²) in [6.45, 7) is 2.09. The second-order valence-electron chi connectivity index (χ2n) is 4.52. The molecule has 2 nitrogen and oxygen atoms in total. The highest BCUT2D eigenvalue weighted by atomic mass is 32.2. The third-order valence-electron chi connectivity index (χ3n) is 2.79. The average Bonchev–Trinajstić information content (AvgIpc) is 2.44. The van der Waals surface area contributed by atoms with Crippen LogP contribution in [0.4, 0.5) is 0 Å². The van der Waals surface area contributed by atoms with Gasteiger partial charge in [0, 0.05) is 16.7 Å². The van der Waals surface area contributed by atoms with Crippen LogP contribution in [0.1, 0.15) is 16.7 Å². The van der Waals surface area contributed by atoms with Crippen LogP contribution in [0.3, 0.4) is 0 Å². The highest BCUT2D eigenvalue weighted by Gasteiger charge is 1.97. The molecule has 2 rings (SSSR count). The van der Waals surface area contributed by atoms with E-state index in [0.29, 0.717) is 0 Å². The molecule has 0 saturated carbocycles. The van der Waals surface area contributed by atoms with Gasteiger partial charge in [-0.2, -0.15) is 0 Å². The van der Waals surface area contributed by atoms with Crippen LogP contribution in [-0.4, -0.2) is 11.1 Å². The second-order valence-corrected chi connectivity index (χ2v) is 5.57. The van der Waals surface area contributed by atoms with Crippen LogP contribution in [0.25, 0.3) is 6.08 Å². The number of hydrogen-bond donors (Lipinski definition) is 1. The number of carboxylic acids is 1. The van der Waals surface area contributed by atoms with Gasteiger partial charge >= 0.3 is 5.97 Å². The van der Waals surface area contributed by atoms with Crippen molar-refractivity contribution in [2.24, 2.45) is 0 Å². The highest BCUT2D eigenvalue weighted by molar-refractivity contribution is 7.98. The molecule has 0 unspecified atom stereocenters. The van der Waals surface area contributed by atoms with Crippen molar-refractivity contribution in [3.8, 4) is 0 Å². The molecule has 1 N–H and O–H groups in total. The first-order chi connectivity index (χ1) is 9.63. The molecular formula is C17H16O2S. The van der Waals surface area contributed by atoms with E-state index < -0.39 is 5.97 Å². The lowest BCUT2D eigenvalue weighted by molar-refractivity contribution is -0.131. The Morgan fingerprint density at radius 3 is 2.60 bits per heavy atom. The van der Waals surface area contributed by atoms with E-state index in [1.807, 2.05) is 24.3 Å². The summed E-state index contributed by atoms with van der Waals surface area (Å²) in [5, 5.41) is 8.57. The summed E-state index contributed by atoms with van der Waals surface area (Å²) in [6.07, 6.45) is 2.75. The van der Waals surface area contributed by atoms with Crippen molar-refractivity contribution in [1.82, 2.24) is 0 Å². The number of benzene rings is 2. The van der Waals surface area contributed by atoms with Gasteiger partial charge in [0.1, 0.15) is 0 Å². The number of hydrogen-bond acceptors (Lipinski definition) is 2. The Balaban J connectivity index is 1.95. The predicted octanol–water partition coefficient (Wildman–Crippen LogP) is 4.39. The van der Waals surface area contributed by atoms with E-state index in [2.05, 4.69) is 31.2 Å². The van der Waals surface area contributed by atoms with Gasteiger partial charge in [-0.05, 0) is 36.3 Å². The molecule has 0 radical (unpaired) electrons. The average molecular weight is 284 g/mol. The fourth-order valence-electron chi connectivity index (χ4n) is 1.76. The molecule has 2 aromatic carbocycles. The van der Waals surface area contributed by atoms with Gasteiger partial charge in [0.2, 0.25) is 0 Å². The van der Waals surface area contributed by atoms with Crippen LogP contribution < -0.4 is 0 Å². The van der Waals surface area contributed by atoms with E-state index in [1.54, 1.807) is 17.8 Å². The minimum absolute atomic E-state index is 0.900. The van der Waals surface area contributed by atoms with E-state index in [-0.39, 0.29) is 0 Å². The summed E-state index contributed by atoms with van der Waals surface area (Å²) in [5.74, 6) is -0.0177. The lowest BCUT2D eigenvalue weighted by atomic mass is 10.1. The SMILES string of the molecule is Cc1cccc(SCc2ccc(C=CC(=O)O)cc2)c1. The Labute approximate surface area is 123 Å². The number of aryl methyl sites for hydroxylation is 1. The third kappa shape index (κ3) is 4.59. The van der Waals surface area contributed by atoms with Crippen LogP contribution >= 0.6 is 11.8 Å². The summed E-state index contributed by atoms with van der Waals surface area (Å²) in [6, 6.07) is 16.4. The summed E-state index contributed by atoms with van der Waals surface area (Å²) in [5.41, 5.74) is 3.39. The van der Waals surface area contributed by atoms with Gasteiger partial charge in [-0.25, -0.2) is 4.79 Å². The predicted molar refractivity (Wildman–Crippen MR) is 83.9 cm³/mol. The molecule has 0 aromatic heterocycles. The Kier molecular flexibility index (Phi) is 5.02. The second kappa shape index (κ2) is 6.96. The maximum absolute atomic E-state index is 10.4. The van der Waals surface area contributed by atoms with Crippen LogP contribution in [0, 0.1) is 6.92 Å². The van der Waals surface area contributed by atoms with Gasteiger partial charge in [-0.15, -0.1) is 11.8 Å². The minimum atomic E-state index is -0.927. The number of carboxylic acid groups (broad SMARTS) is 1. The topological polar surface area (TPSA) is 37.3 Å². The van der Waals surface area contributed by atoms with Gasteiger partial charge in [0.15, 0.2) is 0 Å². The smallest absolute Gasteiger partial charge is 0.328 e. The van der Waals surface area contributed by atoms with Crippen LogP contribution in [0.15, 0.2) is 59.5 Å². The standard InChI is InChI=1S/C17H16O2S/c1-13-3-2-4-16(11-13)20-12-15-7-5-14(6-8-15)9-10-17(18)19/h2-11H,12H2,1H3,(H,18,19).